The summed E-state index contributed by atoms with van der Waals surface area (Å²) >= 11 is 1.12. The number of benzene rings is 1. The van der Waals surface area contributed by atoms with Gasteiger partial charge in [-0.15, -0.1) is 5.10 Å². The van der Waals surface area contributed by atoms with E-state index < -0.39 is 6.04 Å². The number of amides is 2. The minimum Gasteiger partial charge on any atom is -0.351 e. The highest BCUT2D eigenvalue weighted by molar-refractivity contribution is 7.03. The third-order valence-electron chi connectivity index (χ3n) is 5.83. The zero-order valence-electron chi connectivity index (χ0n) is 18.1. The van der Waals surface area contributed by atoms with Crippen molar-refractivity contribution in [3.63, 3.8) is 0 Å². The lowest BCUT2D eigenvalue weighted by molar-refractivity contribution is -0.127. The van der Waals surface area contributed by atoms with Gasteiger partial charge >= 0.3 is 0 Å². The first-order chi connectivity index (χ1) is 15.6. The van der Waals surface area contributed by atoms with E-state index >= 15 is 0 Å². The fourth-order valence-electron chi connectivity index (χ4n) is 4.11. The molecule has 2 amide bonds. The predicted molar refractivity (Wildman–Crippen MR) is 123 cm³/mol. The molecule has 3 aromatic rings. The van der Waals surface area contributed by atoms with E-state index in [1.807, 2.05) is 37.3 Å². The SMILES string of the molecule is Cc1ccc(CN(C(=O)c2csnn2)[C@H](C(=O)NC2CCCCC2)c2cccnc2)cc1. The molecule has 1 atom stereocenters. The Balaban J connectivity index is 1.70. The van der Waals surface area contributed by atoms with E-state index in [4.69, 9.17) is 0 Å². The normalized spacial score (nSPS) is 15.2. The molecule has 2 heterocycles. The number of hydrogen-bond acceptors (Lipinski definition) is 6. The average molecular weight is 450 g/mol. The molecular formula is C24H27N5O2S. The Morgan fingerprint density at radius 2 is 1.94 bits per heavy atom. The van der Waals surface area contributed by atoms with Crippen molar-refractivity contribution in [2.45, 2.75) is 57.7 Å². The van der Waals surface area contributed by atoms with Crippen molar-refractivity contribution in [2.75, 3.05) is 0 Å². The van der Waals surface area contributed by atoms with Crippen LogP contribution in [0.1, 0.15) is 65.3 Å². The first kappa shape index (κ1) is 22.1. The van der Waals surface area contributed by atoms with Crippen molar-refractivity contribution in [1.29, 1.82) is 0 Å². The second-order valence-electron chi connectivity index (χ2n) is 8.24. The molecule has 0 unspecified atom stereocenters. The largest absolute Gasteiger partial charge is 0.351 e. The number of aryl methyl sites for hydroxylation is 1. The monoisotopic (exact) mass is 449 g/mol. The van der Waals surface area contributed by atoms with Gasteiger partial charge in [0.05, 0.1) is 0 Å². The average Bonchev–Trinajstić information content (AvgIpc) is 3.36. The fraction of sp³-hybridized carbons (Fsp3) is 0.375. The molecule has 8 heteroatoms. The van der Waals surface area contributed by atoms with E-state index in [0.29, 0.717) is 5.56 Å². The number of pyridine rings is 1. The first-order valence-corrected chi connectivity index (χ1v) is 11.8. The zero-order valence-corrected chi connectivity index (χ0v) is 18.9. The van der Waals surface area contributed by atoms with Crippen LogP contribution in [0.4, 0.5) is 0 Å². The maximum absolute atomic E-state index is 13.6. The summed E-state index contributed by atoms with van der Waals surface area (Å²) in [5.41, 5.74) is 2.98. The molecule has 7 nitrogen and oxygen atoms in total. The van der Waals surface area contributed by atoms with E-state index in [9.17, 15) is 9.59 Å². The Kier molecular flexibility index (Phi) is 7.21. The summed E-state index contributed by atoms with van der Waals surface area (Å²) in [5, 5.41) is 8.79. The molecule has 1 aliphatic carbocycles. The lowest BCUT2D eigenvalue weighted by Gasteiger charge is -2.33. The molecule has 0 spiro atoms. The smallest absolute Gasteiger partial charge is 0.276 e. The van der Waals surface area contributed by atoms with Gasteiger partial charge in [-0.05, 0) is 42.9 Å². The highest BCUT2D eigenvalue weighted by atomic mass is 32.1. The van der Waals surface area contributed by atoms with Gasteiger partial charge in [-0.2, -0.15) is 0 Å². The quantitative estimate of drug-likeness (QED) is 0.587. The number of hydrogen-bond donors (Lipinski definition) is 1. The van der Waals surface area contributed by atoms with Gasteiger partial charge < -0.3 is 10.2 Å². The molecule has 0 saturated heterocycles. The minimum absolute atomic E-state index is 0.132. The van der Waals surface area contributed by atoms with Crippen molar-refractivity contribution < 1.29 is 9.59 Å². The molecule has 2 aromatic heterocycles. The van der Waals surface area contributed by atoms with E-state index in [-0.39, 0.29) is 30.1 Å². The Labute approximate surface area is 192 Å². The Hall–Kier alpha value is -3.13. The van der Waals surface area contributed by atoms with Gasteiger partial charge in [0.15, 0.2) is 5.69 Å². The number of carbonyl (C=O) groups excluding carboxylic acids is 2. The van der Waals surface area contributed by atoms with Crippen LogP contribution in [0.2, 0.25) is 0 Å². The molecule has 4 rings (SSSR count). The summed E-state index contributed by atoms with van der Waals surface area (Å²) < 4.78 is 3.85. The zero-order chi connectivity index (χ0) is 22.3. The van der Waals surface area contributed by atoms with Gasteiger partial charge in [-0.25, -0.2) is 0 Å². The second kappa shape index (κ2) is 10.5. The van der Waals surface area contributed by atoms with E-state index in [0.717, 1.165) is 48.3 Å². The Bertz CT molecular complexity index is 1020. The molecule has 1 N–H and O–H groups in total. The summed E-state index contributed by atoms with van der Waals surface area (Å²) in [5.74, 6) is -0.513. The van der Waals surface area contributed by atoms with Crippen LogP contribution < -0.4 is 5.32 Å². The summed E-state index contributed by atoms with van der Waals surface area (Å²) in [4.78, 5) is 32.9. The highest BCUT2D eigenvalue weighted by Gasteiger charge is 2.34. The summed E-state index contributed by atoms with van der Waals surface area (Å²) in [6.07, 6.45) is 8.67. The number of aromatic nitrogens is 3. The van der Waals surface area contributed by atoms with Crippen molar-refractivity contribution in [2.24, 2.45) is 0 Å². The predicted octanol–water partition coefficient (Wildman–Crippen LogP) is 4.07. The lowest BCUT2D eigenvalue weighted by atomic mass is 9.94. The highest BCUT2D eigenvalue weighted by Crippen LogP contribution is 2.27. The molecule has 0 radical (unpaired) electrons. The van der Waals surface area contributed by atoms with Crippen LogP contribution in [-0.4, -0.2) is 37.3 Å². The number of carbonyl (C=O) groups is 2. The summed E-state index contributed by atoms with van der Waals surface area (Å²) in [6.45, 7) is 2.29. The fourth-order valence-corrected chi connectivity index (χ4v) is 4.54. The van der Waals surface area contributed by atoms with Crippen LogP contribution in [0.15, 0.2) is 54.2 Å². The molecule has 1 aromatic carbocycles. The summed E-state index contributed by atoms with van der Waals surface area (Å²) in [7, 11) is 0. The number of rotatable bonds is 7. The molecule has 1 fully saturated rings. The minimum atomic E-state index is -0.818. The van der Waals surface area contributed by atoms with E-state index in [1.165, 1.54) is 6.42 Å². The van der Waals surface area contributed by atoms with Crippen LogP contribution in [0, 0.1) is 6.92 Å². The van der Waals surface area contributed by atoms with Gasteiger partial charge in [0.1, 0.15) is 6.04 Å². The molecule has 1 saturated carbocycles. The van der Waals surface area contributed by atoms with Gasteiger partial charge in [0.2, 0.25) is 5.91 Å². The van der Waals surface area contributed by atoms with Crippen LogP contribution in [0.25, 0.3) is 0 Å². The maximum Gasteiger partial charge on any atom is 0.276 e. The third-order valence-corrected chi connectivity index (χ3v) is 6.33. The van der Waals surface area contributed by atoms with Crippen LogP contribution in [0.5, 0.6) is 0 Å². The van der Waals surface area contributed by atoms with Gasteiger partial charge in [-0.1, -0.05) is 59.6 Å². The molecule has 166 valence electrons. The lowest BCUT2D eigenvalue weighted by Crippen LogP contribution is -2.47. The van der Waals surface area contributed by atoms with E-state index in [2.05, 4.69) is 19.9 Å². The van der Waals surface area contributed by atoms with Crippen molar-refractivity contribution >= 4 is 23.3 Å². The van der Waals surface area contributed by atoms with Crippen molar-refractivity contribution in [1.82, 2.24) is 24.8 Å². The van der Waals surface area contributed by atoms with Crippen molar-refractivity contribution in [3.05, 3.63) is 76.6 Å². The standard InChI is InChI=1S/C24H27N5O2S/c1-17-9-11-18(12-10-17)15-29(24(31)21-16-32-28-27-21)22(19-6-5-13-25-14-19)23(30)26-20-7-3-2-4-8-20/h5-6,9-14,16,20,22H,2-4,7-8,15H2,1H3,(H,26,30)/t22-/m0/s1. The third kappa shape index (κ3) is 5.37. The van der Waals surface area contributed by atoms with Crippen LogP contribution >= 0.6 is 11.5 Å². The topological polar surface area (TPSA) is 88.1 Å². The van der Waals surface area contributed by atoms with Crippen molar-refractivity contribution in [3.8, 4) is 0 Å². The van der Waals surface area contributed by atoms with E-state index in [1.54, 1.807) is 28.7 Å². The number of nitrogens with one attached hydrogen (secondary N) is 1. The molecular weight excluding hydrogens is 422 g/mol. The van der Waals surface area contributed by atoms with Gasteiger partial charge in [0.25, 0.3) is 5.91 Å². The molecule has 0 aliphatic heterocycles. The molecule has 32 heavy (non-hydrogen) atoms. The first-order valence-electron chi connectivity index (χ1n) is 11.0. The summed E-state index contributed by atoms with van der Waals surface area (Å²) in [6, 6.07) is 10.9. The van der Waals surface area contributed by atoms with Gasteiger partial charge in [0, 0.05) is 35.9 Å². The maximum atomic E-state index is 13.6. The molecule has 0 bridgehead atoms. The Morgan fingerprint density at radius 3 is 2.59 bits per heavy atom. The number of nitrogens with zero attached hydrogens (tertiary/aromatic N) is 4. The Morgan fingerprint density at radius 1 is 1.16 bits per heavy atom. The second-order valence-corrected chi connectivity index (χ2v) is 8.85. The van der Waals surface area contributed by atoms with Gasteiger partial charge in [-0.3, -0.25) is 14.6 Å². The van der Waals surface area contributed by atoms with Crippen LogP contribution in [0.3, 0.4) is 0 Å². The van der Waals surface area contributed by atoms with Crippen LogP contribution in [-0.2, 0) is 11.3 Å². The molecule has 1 aliphatic rings.